The van der Waals surface area contributed by atoms with Gasteiger partial charge in [-0.1, -0.05) is 23.2 Å². The van der Waals surface area contributed by atoms with E-state index in [1.165, 1.54) is 11.3 Å². The number of hydrogen-bond donors (Lipinski definition) is 1. The van der Waals surface area contributed by atoms with Crippen LogP contribution in [0, 0.1) is 0 Å². The van der Waals surface area contributed by atoms with Crippen molar-refractivity contribution in [2.24, 2.45) is 5.73 Å². The number of aromatic nitrogens is 1. The third kappa shape index (κ3) is 2.32. The Labute approximate surface area is 102 Å². The van der Waals surface area contributed by atoms with Crippen LogP contribution >= 0.6 is 34.5 Å². The molecule has 0 aliphatic heterocycles. The third-order valence-corrected chi connectivity index (χ3v) is 3.49. The number of nitrogens with zero attached hydrogens (tertiary/aromatic N) is 1. The SMILES string of the molecule is NC(c1cncs1)c1cc(Cl)ccc1Cl. The van der Waals surface area contributed by atoms with Gasteiger partial charge >= 0.3 is 0 Å². The van der Waals surface area contributed by atoms with E-state index in [9.17, 15) is 0 Å². The van der Waals surface area contributed by atoms with Crippen LogP contribution in [0.25, 0.3) is 0 Å². The smallest absolute Gasteiger partial charge is 0.0794 e. The fourth-order valence-corrected chi connectivity index (χ4v) is 2.34. The molecule has 2 aromatic rings. The van der Waals surface area contributed by atoms with Crippen LogP contribution in [-0.2, 0) is 0 Å². The molecule has 0 radical (unpaired) electrons. The van der Waals surface area contributed by atoms with E-state index in [4.69, 9.17) is 28.9 Å². The number of benzene rings is 1. The van der Waals surface area contributed by atoms with Crippen LogP contribution < -0.4 is 5.73 Å². The van der Waals surface area contributed by atoms with Crippen LogP contribution in [0.2, 0.25) is 10.0 Å². The van der Waals surface area contributed by atoms with Crippen molar-refractivity contribution in [1.82, 2.24) is 4.98 Å². The Hall–Kier alpha value is -0.610. The van der Waals surface area contributed by atoms with Crippen molar-refractivity contribution in [2.45, 2.75) is 6.04 Å². The molecule has 0 amide bonds. The normalized spacial score (nSPS) is 12.7. The Morgan fingerprint density at radius 2 is 2.13 bits per heavy atom. The second-order valence-corrected chi connectivity index (χ2v) is 4.81. The van der Waals surface area contributed by atoms with Gasteiger partial charge in [-0.15, -0.1) is 11.3 Å². The molecule has 2 rings (SSSR count). The van der Waals surface area contributed by atoms with E-state index in [1.807, 2.05) is 0 Å². The molecule has 0 aliphatic rings. The van der Waals surface area contributed by atoms with Crippen LogP contribution in [-0.4, -0.2) is 4.98 Å². The quantitative estimate of drug-likeness (QED) is 0.896. The number of hydrogen-bond acceptors (Lipinski definition) is 3. The van der Waals surface area contributed by atoms with Crippen molar-refractivity contribution in [3.05, 3.63) is 50.4 Å². The molecule has 0 saturated heterocycles. The molecule has 0 fully saturated rings. The van der Waals surface area contributed by atoms with Gasteiger partial charge in [0.05, 0.1) is 11.6 Å². The van der Waals surface area contributed by atoms with Gasteiger partial charge in [-0.2, -0.15) is 0 Å². The van der Waals surface area contributed by atoms with Crippen LogP contribution in [0.3, 0.4) is 0 Å². The molecule has 0 aliphatic carbocycles. The van der Waals surface area contributed by atoms with Gasteiger partial charge in [-0.25, -0.2) is 0 Å². The zero-order chi connectivity index (χ0) is 10.8. The Balaban J connectivity index is 2.41. The summed E-state index contributed by atoms with van der Waals surface area (Å²) in [5, 5.41) is 1.26. The highest BCUT2D eigenvalue weighted by molar-refractivity contribution is 7.09. The Morgan fingerprint density at radius 3 is 2.80 bits per heavy atom. The van der Waals surface area contributed by atoms with Gasteiger partial charge in [0.15, 0.2) is 0 Å². The number of nitrogens with two attached hydrogens (primary N) is 1. The minimum absolute atomic E-state index is 0.260. The lowest BCUT2D eigenvalue weighted by Crippen LogP contribution is -2.10. The maximum Gasteiger partial charge on any atom is 0.0794 e. The van der Waals surface area contributed by atoms with Gasteiger partial charge in [0.1, 0.15) is 0 Å². The highest BCUT2D eigenvalue weighted by Crippen LogP contribution is 2.30. The first kappa shape index (κ1) is 10.9. The second kappa shape index (κ2) is 4.49. The van der Waals surface area contributed by atoms with Crippen LogP contribution in [0.5, 0.6) is 0 Å². The van der Waals surface area contributed by atoms with E-state index in [0.29, 0.717) is 10.0 Å². The largest absolute Gasteiger partial charge is 0.320 e. The van der Waals surface area contributed by atoms with E-state index in [-0.39, 0.29) is 6.04 Å². The maximum atomic E-state index is 6.06. The highest BCUT2D eigenvalue weighted by atomic mass is 35.5. The molecule has 1 unspecified atom stereocenters. The Kier molecular flexibility index (Phi) is 3.26. The minimum atomic E-state index is -0.260. The Bertz CT molecular complexity index is 456. The van der Waals surface area contributed by atoms with Gasteiger partial charge in [0.25, 0.3) is 0 Å². The van der Waals surface area contributed by atoms with Gasteiger partial charge < -0.3 is 5.73 Å². The van der Waals surface area contributed by atoms with Crippen LogP contribution in [0.4, 0.5) is 0 Å². The Morgan fingerprint density at radius 1 is 1.33 bits per heavy atom. The summed E-state index contributed by atoms with van der Waals surface area (Å²) in [6, 6.07) is 5.02. The molecular formula is C10H8Cl2N2S. The molecule has 0 bridgehead atoms. The summed E-state index contributed by atoms with van der Waals surface area (Å²) in [7, 11) is 0. The predicted octanol–water partition coefficient (Wildman–Crippen LogP) is 3.50. The topological polar surface area (TPSA) is 38.9 Å². The molecule has 78 valence electrons. The minimum Gasteiger partial charge on any atom is -0.320 e. The van der Waals surface area contributed by atoms with Crippen molar-refractivity contribution >= 4 is 34.5 Å². The molecule has 2 N–H and O–H groups in total. The fourth-order valence-electron chi connectivity index (χ4n) is 1.29. The van der Waals surface area contributed by atoms with Crippen molar-refractivity contribution in [2.75, 3.05) is 0 Å². The number of halogens is 2. The van der Waals surface area contributed by atoms with Crippen LogP contribution in [0.1, 0.15) is 16.5 Å². The van der Waals surface area contributed by atoms with Crippen molar-refractivity contribution < 1.29 is 0 Å². The summed E-state index contributed by atoms with van der Waals surface area (Å²) < 4.78 is 0. The predicted molar refractivity (Wildman–Crippen MR) is 64.6 cm³/mol. The van der Waals surface area contributed by atoms with Gasteiger partial charge in [-0.3, -0.25) is 4.98 Å². The zero-order valence-corrected chi connectivity index (χ0v) is 9.98. The van der Waals surface area contributed by atoms with E-state index in [2.05, 4.69) is 4.98 Å². The first-order valence-corrected chi connectivity index (χ1v) is 5.91. The van der Waals surface area contributed by atoms with Gasteiger partial charge in [0, 0.05) is 21.1 Å². The summed E-state index contributed by atoms with van der Waals surface area (Å²) in [6.45, 7) is 0. The van der Waals surface area contributed by atoms with E-state index >= 15 is 0 Å². The second-order valence-electron chi connectivity index (χ2n) is 3.05. The average Bonchev–Trinajstić information content (AvgIpc) is 2.74. The molecule has 1 aromatic heterocycles. The number of thiazole rings is 1. The van der Waals surface area contributed by atoms with Crippen molar-refractivity contribution in [1.29, 1.82) is 0 Å². The monoisotopic (exact) mass is 258 g/mol. The molecule has 1 aromatic carbocycles. The molecule has 2 nitrogen and oxygen atoms in total. The first-order valence-electron chi connectivity index (χ1n) is 4.27. The van der Waals surface area contributed by atoms with Gasteiger partial charge in [0.2, 0.25) is 0 Å². The maximum absolute atomic E-state index is 6.06. The van der Waals surface area contributed by atoms with E-state index in [1.54, 1.807) is 29.9 Å². The fraction of sp³-hybridized carbons (Fsp3) is 0.100. The van der Waals surface area contributed by atoms with Crippen LogP contribution in [0.15, 0.2) is 29.9 Å². The standard InChI is InChI=1S/C10H8Cl2N2S/c11-6-1-2-8(12)7(3-6)10(13)9-4-14-5-15-9/h1-5,10H,13H2. The van der Waals surface area contributed by atoms with Gasteiger partial charge in [-0.05, 0) is 23.8 Å². The zero-order valence-electron chi connectivity index (χ0n) is 7.65. The molecule has 0 saturated carbocycles. The van der Waals surface area contributed by atoms with Crippen molar-refractivity contribution in [3.8, 4) is 0 Å². The number of rotatable bonds is 2. The molecule has 0 spiro atoms. The summed E-state index contributed by atoms with van der Waals surface area (Å²) in [5.74, 6) is 0. The van der Waals surface area contributed by atoms with E-state index < -0.39 is 0 Å². The third-order valence-electron chi connectivity index (χ3n) is 2.05. The average molecular weight is 259 g/mol. The lowest BCUT2D eigenvalue weighted by molar-refractivity contribution is 0.890. The first-order chi connectivity index (χ1) is 7.18. The lowest BCUT2D eigenvalue weighted by Gasteiger charge is -2.11. The molecule has 15 heavy (non-hydrogen) atoms. The lowest BCUT2D eigenvalue weighted by atomic mass is 10.1. The summed E-state index contributed by atoms with van der Waals surface area (Å²) in [4.78, 5) is 4.95. The summed E-state index contributed by atoms with van der Waals surface area (Å²) >= 11 is 13.5. The molecular weight excluding hydrogens is 251 g/mol. The van der Waals surface area contributed by atoms with Crippen molar-refractivity contribution in [3.63, 3.8) is 0 Å². The summed E-state index contributed by atoms with van der Waals surface area (Å²) in [5.41, 5.74) is 8.63. The summed E-state index contributed by atoms with van der Waals surface area (Å²) in [6.07, 6.45) is 1.74. The highest BCUT2D eigenvalue weighted by Gasteiger charge is 2.14. The molecule has 1 atom stereocenters. The molecule has 5 heteroatoms. The molecule has 1 heterocycles. The van der Waals surface area contributed by atoms with E-state index in [0.717, 1.165) is 10.4 Å².